The summed E-state index contributed by atoms with van der Waals surface area (Å²) in [6, 6.07) is -0.389. The van der Waals surface area contributed by atoms with Crippen LogP contribution in [0.25, 0.3) is 0 Å². The van der Waals surface area contributed by atoms with Crippen LogP contribution in [0.3, 0.4) is 0 Å². The molecule has 1 saturated heterocycles. The molecular formula is C11H23N3O3S. The van der Waals surface area contributed by atoms with Crippen molar-refractivity contribution in [3.8, 4) is 0 Å². The van der Waals surface area contributed by atoms with E-state index in [0.29, 0.717) is 13.0 Å². The fourth-order valence-electron chi connectivity index (χ4n) is 2.26. The van der Waals surface area contributed by atoms with E-state index in [1.54, 1.807) is 11.8 Å². The van der Waals surface area contributed by atoms with Gasteiger partial charge in [0.1, 0.15) is 0 Å². The van der Waals surface area contributed by atoms with Crippen molar-refractivity contribution in [2.24, 2.45) is 5.73 Å². The molecule has 7 heteroatoms. The summed E-state index contributed by atoms with van der Waals surface area (Å²) < 4.78 is 24.4. The molecule has 1 amide bonds. The summed E-state index contributed by atoms with van der Waals surface area (Å²) in [6.45, 7) is 2.78. The number of rotatable bonds is 5. The van der Waals surface area contributed by atoms with Gasteiger partial charge in [0.05, 0.1) is 12.3 Å². The lowest BCUT2D eigenvalue weighted by Gasteiger charge is -2.36. The Balaban J connectivity index is 2.52. The van der Waals surface area contributed by atoms with Crippen molar-refractivity contribution in [3.63, 3.8) is 0 Å². The summed E-state index contributed by atoms with van der Waals surface area (Å²) in [5.74, 6) is -0.0425. The zero-order chi connectivity index (χ0) is 13.8. The molecule has 1 rings (SSSR count). The largest absolute Gasteiger partial charge is 0.338 e. The number of carbonyl (C=O) groups excluding carboxylic acids is 1. The SMILES string of the molecule is CC(N)C(=O)N1CCCCC1CCNS(C)(=O)=O. The Morgan fingerprint density at radius 1 is 1.50 bits per heavy atom. The smallest absolute Gasteiger partial charge is 0.239 e. The van der Waals surface area contributed by atoms with Gasteiger partial charge in [-0.25, -0.2) is 13.1 Å². The van der Waals surface area contributed by atoms with Gasteiger partial charge in [-0.1, -0.05) is 0 Å². The number of hydrogen-bond donors (Lipinski definition) is 2. The summed E-state index contributed by atoms with van der Waals surface area (Å²) in [6.07, 6.45) is 4.77. The van der Waals surface area contributed by atoms with Gasteiger partial charge in [0.2, 0.25) is 15.9 Å². The van der Waals surface area contributed by atoms with E-state index in [9.17, 15) is 13.2 Å². The number of nitrogens with one attached hydrogen (secondary N) is 1. The predicted octanol–water partition coefficient (Wildman–Crippen LogP) is -0.346. The molecule has 2 atom stereocenters. The molecule has 0 bridgehead atoms. The van der Waals surface area contributed by atoms with Crippen molar-refractivity contribution < 1.29 is 13.2 Å². The maximum Gasteiger partial charge on any atom is 0.239 e. The van der Waals surface area contributed by atoms with Crippen LogP contribution in [-0.2, 0) is 14.8 Å². The third-order valence-electron chi connectivity index (χ3n) is 3.14. The lowest BCUT2D eigenvalue weighted by atomic mass is 9.98. The van der Waals surface area contributed by atoms with Gasteiger partial charge in [-0.05, 0) is 32.6 Å². The molecule has 0 radical (unpaired) electrons. The minimum Gasteiger partial charge on any atom is -0.338 e. The Kier molecular flexibility index (Phi) is 5.55. The first-order valence-corrected chi connectivity index (χ1v) is 8.21. The molecule has 1 fully saturated rings. The van der Waals surface area contributed by atoms with Crippen molar-refractivity contribution in [1.82, 2.24) is 9.62 Å². The van der Waals surface area contributed by atoms with E-state index in [1.165, 1.54) is 0 Å². The van der Waals surface area contributed by atoms with E-state index in [-0.39, 0.29) is 11.9 Å². The zero-order valence-electron chi connectivity index (χ0n) is 11.1. The van der Waals surface area contributed by atoms with Gasteiger partial charge in [-0.3, -0.25) is 4.79 Å². The van der Waals surface area contributed by atoms with Gasteiger partial charge in [0.25, 0.3) is 0 Å². The maximum atomic E-state index is 11.9. The van der Waals surface area contributed by atoms with E-state index >= 15 is 0 Å². The standard InChI is InChI=1S/C11H23N3O3S/c1-9(12)11(15)14-8-4-3-5-10(14)6-7-13-18(2,16)17/h9-10,13H,3-8,12H2,1-2H3. The Morgan fingerprint density at radius 3 is 2.72 bits per heavy atom. The molecule has 3 N–H and O–H groups in total. The molecule has 2 unspecified atom stereocenters. The average Bonchev–Trinajstić information content (AvgIpc) is 2.27. The quantitative estimate of drug-likeness (QED) is 0.718. The van der Waals surface area contributed by atoms with Crippen molar-refractivity contribution in [1.29, 1.82) is 0 Å². The minimum atomic E-state index is -3.16. The highest BCUT2D eigenvalue weighted by atomic mass is 32.2. The molecule has 6 nitrogen and oxygen atoms in total. The molecule has 0 aromatic carbocycles. The van der Waals surface area contributed by atoms with Crippen LogP contribution in [0.1, 0.15) is 32.6 Å². The van der Waals surface area contributed by atoms with Crippen LogP contribution in [-0.4, -0.2) is 50.7 Å². The second-order valence-electron chi connectivity index (χ2n) is 4.93. The number of sulfonamides is 1. The van der Waals surface area contributed by atoms with Gasteiger partial charge in [-0.15, -0.1) is 0 Å². The van der Waals surface area contributed by atoms with Crippen molar-refractivity contribution in [3.05, 3.63) is 0 Å². The lowest BCUT2D eigenvalue weighted by Crippen LogP contribution is -2.50. The molecule has 0 saturated carbocycles. The van der Waals surface area contributed by atoms with Crippen LogP contribution in [0.5, 0.6) is 0 Å². The first-order chi connectivity index (χ1) is 8.31. The van der Waals surface area contributed by atoms with Crippen LogP contribution >= 0.6 is 0 Å². The Hall–Kier alpha value is -0.660. The monoisotopic (exact) mass is 277 g/mol. The first kappa shape index (κ1) is 15.4. The Bertz CT molecular complexity index is 381. The number of nitrogens with zero attached hydrogens (tertiary/aromatic N) is 1. The average molecular weight is 277 g/mol. The van der Waals surface area contributed by atoms with E-state index < -0.39 is 16.1 Å². The number of piperidine rings is 1. The fourth-order valence-corrected chi connectivity index (χ4v) is 2.75. The summed E-state index contributed by atoms with van der Waals surface area (Å²) >= 11 is 0. The molecule has 0 aromatic heterocycles. The van der Waals surface area contributed by atoms with Gasteiger partial charge < -0.3 is 10.6 Å². The summed E-state index contributed by atoms with van der Waals surface area (Å²) in [5, 5.41) is 0. The summed E-state index contributed by atoms with van der Waals surface area (Å²) in [7, 11) is -3.16. The second kappa shape index (κ2) is 6.49. The molecular weight excluding hydrogens is 254 g/mol. The molecule has 0 spiro atoms. The second-order valence-corrected chi connectivity index (χ2v) is 6.76. The number of carbonyl (C=O) groups is 1. The highest BCUT2D eigenvalue weighted by Crippen LogP contribution is 2.20. The zero-order valence-corrected chi connectivity index (χ0v) is 11.9. The number of amides is 1. The number of hydrogen-bond acceptors (Lipinski definition) is 4. The molecule has 1 aliphatic rings. The van der Waals surface area contributed by atoms with Crippen LogP contribution < -0.4 is 10.5 Å². The fraction of sp³-hybridized carbons (Fsp3) is 0.909. The first-order valence-electron chi connectivity index (χ1n) is 6.32. The van der Waals surface area contributed by atoms with Crippen LogP contribution in [0.4, 0.5) is 0 Å². The van der Waals surface area contributed by atoms with E-state index in [0.717, 1.165) is 32.1 Å². The Morgan fingerprint density at radius 2 is 2.17 bits per heavy atom. The molecule has 0 aromatic rings. The molecule has 106 valence electrons. The Labute approximate surface area is 109 Å². The molecule has 18 heavy (non-hydrogen) atoms. The van der Waals surface area contributed by atoms with Gasteiger partial charge in [0.15, 0.2) is 0 Å². The molecule has 1 heterocycles. The topological polar surface area (TPSA) is 92.5 Å². The van der Waals surface area contributed by atoms with Crippen LogP contribution in [0.15, 0.2) is 0 Å². The highest BCUT2D eigenvalue weighted by Gasteiger charge is 2.27. The van der Waals surface area contributed by atoms with E-state index in [2.05, 4.69) is 4.72 Å². The lowest BCUT2D eigenvalue weighted by molar-refractivity contribution is -0.136. The summed E-state index contributed by atoms with van der Waals surface area (Å²) in [4.78, 5) is 13.7. The van der Waals surface area contributed by atoms with Gasteiger partial charge in [-0.2, -0.15) is 0 Å². The minimum absolute atomic E-state index is 0.0425. The van der Waals surface area contributed by atoms with Crippen LogP contribution in [0, 0.1) is 0 Å². The van der Waals surface area contributed by atoms with E-state index in [4.69, 9.17) is 5.73 Å². The van der Waals surface area contributed by atoms with Crippen molar-refractivity contribution >= 4 is 15.9 Å². The van der Waals surface area contributed by atoms with Gasteiger partial charge >= 0.3 is 0 Å². The van der Waals surface area contributed by atoms with Crippen LogP contribution in [0.2, 0.25) is 0 Å². The number of likely N-dealkylation sites (tertiary alicyclic amines) is 1. The summed E-state index contributed by atoms with van der Waals surface area (Å²) in [5.41, 5.74) is 5.62. The normalized spacial score (nSPS) is 22.8. The predicted molar refractivity (Wildman–Crippen MR) is 70.5 cm³/mol. The third kappa shape index (κ3) is 4.91. The molecule has 0 aliphatic carbocycles. The molecule has 1 aliphatic heterocycles. The van der Waals surface area contributed by atoms with Crippen molar-refractivity contribution in [2.45, 2.75) is 44.7 Å². The van der Waals surface area contributed by atoms with Gasteiger partial charge in [0, 0.05) is 19.1 Å². The third-order valence-corrected chi connectivity index (χ3v) is 3.87. The van der Waals surface area contributed by atoms with E-state index in [1.807, 2.05) is 0 Å². The highest BCUT2D eigenvalue weighted by molar-refractivity contribution is 7.88. The number of nitrogens with two attached hydrogens (primary N) is 1. The maximum absolute atomic E-state index is 11.9. The van der Waals surface area contributed by atoms with Crippen molar-refractivity contribution in [2.75, 3.05) is 19.3 Å².